The minimum absolute atomic E-state index is 0.0406. The standard InChI is InChI=1S/C11H13BrN2O2/c1-8-7-16-5-4-14(8)11(15)9-2-3-13-10(12)6-9/h2-3,6,8H,4-5,7H2,1H3/t8-/m1/s1. The number of hydrogen-bond donors (Lipinski definition) is 0. The van der Waals surface area contributed by atoms with Crippen molar-refractivity contribution in [2.24, 2.45) is 0 Å². The van der Waals surface area contributed by atoms with E-state index in [0.29, 0.717) is 29.9 Å². The number of carbonyl (C=O) groups excluding carboxylic acids is 1. The molecule has 0 bridgehead atoms. The van der Waals surface area contributed by atoms with Crippen LogP contribution in [0.2, 0.25) is 0 Å². The Morgan fingerprint density at radius 2 is 2.50 bits per heavy atom. The maximum Gasteiger partial charge on any atom is 0.254 e. The third-order valence-corrected chi connectivity index (χ3v) is 3.04. The summed E-state index contributed by atoms with van der Waals surface area (Å²) in [6.45, 7) is 3.87. The fourth-order valence-corrected chi connectivity index (χ4v) is 2.10. The SMILES string of the molecule is C[C@@H]1COCCN1C(=O)c1ccnc(Br)c1. The number of hydrogen-bond acceptors (Lipinski definition) is 3. The summed E-state index contributed by atoms with van der Waals surface area (Å²) in [6.07, 6.45) is 1.63. The van der Waals surface area contributed by atoms with Crippen LogP contribution < -0.4 is 0 Å². The number of amides is 1. The molecule has 1 aliphatic rings. The Bertz CT molecular complexity index is 397. The van der Waals surface area contributed by atoms with E-state index < -0.39 is 0 Å². The van der Waals surface area contributed by atoms with E-state index in [9.17, 15) is 4.79 Å². The number of pyridine rings is 1. The second-order valence-corrected chi connectivity index (χ2v) is 4.60. The maximum absolute atomic E-state index is 12.2. The number of carbonyl (C=O) groups is 1. The molecule has 2 heterocycles. The van der Waals surface area contributed by atoms with Crippen molar-refractivity contribution in [1.82, 2.24) is 9.88 Å². The van der Waals surface area contributed by atoms with Gasteiger partial charge in [0, 0.05) is 18.3 Å². The molecule has 1 fully saturated rings. The summed E-state index contributed by atoms with van der Waals surface area (Å²) in [5.74, 6) is 0.0406. The van der Waals surface area contributed by atoms with E-state index in [2.05, 4.69) is 20.9 Å². The van der Waals surface area contributed by atoms with Gasteiger partial charge in [-0.2, -0.15) is 0 Å². The summed E-state index contributed by atoms with van der Waals surface area (Å²) in [5.41, 5.74) is 0.663. The van der Waals surface area contributed by atoms with Crippen molar-refractivity contribution in [3.63, 3.8) is 0 Å². The van der Waals surface area contributed by atoms with Crippen molar-refractivity contribution in [1.29, 1.82) is 0 Å². The largest absolute Gasteiger partial charge is 0.377 e. The van der Waals surface area contributed by atoms with Gasteiger partial charge in [0.05, 0.1) is 19.3 Å². The van der Waals surface area contributed by atoms with Gasteiger partial charge < -0.3 is 9.64 Å². The van der Waals surface area contributed by atoms with Gasteiger partial charge in [0.15, 0.2) is 0 Å². The zero-order valence-corrected chi connectivity index (χ0v) is 10.6. The highest BCUT2D eigenvalue weighted by molar-refractivity contribution is 9.10. The van der Waals surface area contributed by atoms with Gasteiger partial charge in [0.2, 0.25) is 0 Å². The van der Waals surface area contributed by atoms with Gasteiger partial charge in [0.25, 0.3) is 5.91 Å². The number of morpholine rings is 1. The van der Waals surface area contributed by atoms with Crippen molar-refractivity contribution < 1.29 is 9.53 Å². The molecule has 0 saturated carbocycles. The number of halogens is 1. The van der Waals surface area contributed by atoms with Gasteiger partial charge in [-0.3, -0.25) is 4.79 Å². The summed E-state index contributed by atoms with van der Waals surface area (Å²) < 4.78 is 5.99. The van der Waals surface area contributed by atoms with Gasteiger partial charge in [-0.05, 0) is 35.0 Å². The lowest BCUT2D eigenvalue weighted by atomic mass is 10.2. The van der Waals surface area contributed by atoms with E-state index in [-0.39, 0.29) is 11.9 Å². The van der Waals surface area contributed by atoms with Crippen LogP contribution in [0.25, 0.3) is 0 Å². The van der Waals surface area contributed by atoms with Crippen molar-refractivity contribution in [3.8, 4) is 0 Å². The third kappa shape index (κ3) is 2.41. The highest BCUT2D eigenvalue weighted by atomic mass is 79.9. The number of ether oxygens (including phenoxy) is 1. The van der Waals surface area contributed by atoms with Gasteiger partial charge in [-0.25, -0.2) is 4.98 Å². The number of nitrogens with zero attached hydrogens (tertiary/aromatic N) is 2. The van der Waals surface area contributed by atoms with E-state index in [1.54, 1.807) is 18.3 Å². The minimum atomic E-state index is 0.0406. The summed E-state index contributed by atoms with van der Waals surface area (Å²) in [7, 11) is 0. The highest BCUT2D eigenvalue weighted by Gasteiger charge is 2.24. The average Bonchev–Trinajstić information content (AvgIpc) is 2.29. The molecule has 0 spiro atoms. The Morgan fingerprint density at radius 3 is 3.19 bits per heavy atom. The Labute approximate surface area is 103 Å². The molecule has 16 heavy (non-hydrogen) atoms. The van der Waals surface area contributed by atoms with Crippen LogP contribution in [0.15, 0.2) is 22.9 Å². The molecule has 1 saturated heterocycles. The van der Waals surface area contributed by atoms with Crippen LogP contribution >= 0.6 is 15.9 Å². The fraction of sp³-hybridized carbons (Fsp3) is 0.455. The molecule has 1 atom stereocenters. The molecule has 4 nitrogen and oxygen atoms in total. The van der Waals surface area contributed by atoms with E-state index >= 15 is 0 Å². The lowest BCUT2D eigenvalue weighted by molar-refractivity contribution is 0.00358. The summed E-state index contributed by atoms with van der Waals surface area (Å²) in [6, 6.07) is 3.60. The van der Waals surface area contributed by atoms with Crippen LogP contribution in [0, 0.1) is 0 Å². The maximum atomic E-state index is 12.2. The molecule has 1 aromatic rings. The van der Waals surface area contributed by atoms with Crippen LogP contribution in [0.5, 0.6) is 0 Å². The van der Waals surface area contributed by atoms with Crippen LogP contribution in [0.4, 0.5) is 0 Å². The van der Waals surface area contributed by atoms with Gasteiger partial charge in [-0.1, -0.05) is 0 Å². The molecular formula is C11H13BrN2O2. The monoisotopic (exact) mass is 284 g/mol. The smallest absolute Gasteiger partial charge is 0.254 e. The molecule has 1 amide bonds. The number of aromatic nitrogens is 1. The first-order valence-corrected chi connectivity index (χ1v) is 5.98. The van der Waals surface area contributed by atoms with Crippen LogP contribution in [-0.2, 0) is 4.74 Å². The Kier molecular flexibility index (Phi) is 3.56. The summed E-state index contributed by atoms with van der Waals surface area (Å²) in [5, 5.41) is 0. The Hall–Kier alpha value is -0.940. The normalized spacial score (nSPS) is 20.9. The van der Waals surface area contributed by atoms with Crippen LogP contribution in [0.3, 0.4) is 0 Å². The Morgan fingerprint density at radius 1 is 1.69 bits per heavy atom. The van der Waals surface area contributed by atoms with Crippen molar-refractivity contribution in [3.05, 3.63) is 28.5 Å². The topological polar surface area (TPSA) is 42.4 Å². The quantitative estimate of drug-likeness (QED) is 0.738. The molecule has 0 unspecified atom stereocenters. The highest BCUT2D eigenvalue weighted by Crippen LogP contribution is 2.14. The zero-order chi connectivity index (χ0) is 11.5. The zero-order valence-electron chi connectivity index (χ0n) is 9.02. The average molecular weight is 285 g/mol. The van der Waals surface area contributed by atoms with E-state index in [0.717, 1.165) is 0 Å². The first kappa shape index (κ1) is 11.5. The predicted molar refractivity (Wildman–Crippen MR) is 63.3 cm³/mol. The molecule has 0 radical (unpaired) electrons. The molecule has 0 aromatic carbocycles. The molecule has 5 heteroatoms. The third-order valence-electron chi connectivity index (χ3n) is 2.60. The molecule has 0 aliphatic carbocycles. The van der Waals surface area contributed by atoms with Gasteiger partial charge >= 0.3 is 0 Å². The Balaban J connectivity index is 2.17. The van der Waals surface area contributed by atoms with E-state index in [4.69, 9.17) is 4.74 Å². The second kappa shape index (κ2) is 4.93. The fourth-order valence-electron chi connectivity index (χ4n) is 1.73. The van der Waals surface area contributed by atoms with E-state index in [1.807, 2.05) is 11.8 Å². The van der Waals surface area contributed by atoms with E-state index in [1.165, 1.54) is 0 Å². The van der Waals surface area contributed by atoms with Crippen molar-refractivity contribution in [2.75, 3.05) is 19.8 Å². The first-order chi connectivity index (χ1) is 7.68. The second-order valence-electron chi connectivity index (χ2n) is 3.79. The molecule has 1 aliphatic heterocycles. The molecule has 1 aromatic heterocycles. The lowest BCUT2D eigenvalue weighted by Crippen LogP contribution is -2.47. The number of rotatable bonds is 1. The molecular weight excluding hydrogens is 272 g/mol. The lowest BCUT2D eigenvalue weighted by Gasteiger charge is -2.33. The van der Waals surface area contributed by atoms with Gasteiger partial charge in [0.1, 0.15) is 4.60 Å². The van der Waals surface area contributed by atoms with Crippen LogP contribution in [0.1, 0.15) is 17.3 Å². The predicted octanol–water partition coefficient (Wildman–Crippen LogP) is 1.70. The molecule has 0 N–H and O–H groups in total. The van der Waals surface area contributed by atoms with Crippen LogP contribution in [-0.4, -0.2) is 41.6 Å². The first-order valence-electron chi connectivity index (χ1n) is 5.19. The molecule has 2 rings (SSSR count). The molecule has 86 valence electrons. The summed E-state index contributed by atoms with van der Waals surface area (Å²) >= 11 is 3.26. The minimum Gasteiger partial charge on any atom is -0.377 e. The van der Waals surface area contributed by atoms with Crippen molar-refractivity contribution >= 4 is 21.8 Å². The van der Waals surface area contributed by atoms with Gasteiger partial charge in [-0.15, -0.1) is 0 Å². The van der Waals surface area contributed by atoms with Crippen molar-refractivity contribution in [2.45, 2.75) is 13.0 Å². The summed E-state index contributed by atoms with van der Waals surface area (Å²) in [4.78, 5) is 18.0.